The quantitative estimate of drug-likeness (QED) is 0.395. The lowest BCUT2D eigenvalue weighted by atomic mass is 11.9. The first kappa shape index (κ1) is 9.13. The number of hydrogen-bond donors (Lipinski definition) is 0. The Morgan fingerprint density at radius 3 is 1.25 bits per heavy atom. The van der Waals surface area contributed by atoms with Gasteiger partial charge in [0.1, 0.15) is 0 Å². The molecule has 0 N–H and O–H groups in total. The molecule has 4 heavy (non-hydrogen) atoms. The molecule has 0 spiro atoms. The summed E-state index contributed by atoms with van der Waals surface area (Å²) in [6, 6.07) is 0. The fourth-order valence-electron chi connectivity index (χ4n) is 0. The van der Waals surface area contributed by atoms with E-state index in [2.05, 4.69) is 14.4 Å². The normalized spacial score (nSPS) is 3.00. The summed E-state index contributed by atoms with van der Waals surface area (Å²) in [7, 11) is 7.25. The molecule has 0 aromatic rings. The minimum atomic E-state index is 3.00. The van der Waals surface area contributed by atoms with Crippen molar-refractivity contribution in [2.45, 2.75) is 0 Å². The van der Waals surface area contributed by atoms with Crippen molar-refractivity contribution in [2.75, 3.05) is 0 Å². The molecule has 0 bridgehead atoms. The summed E-state index contributed by atoms with van der Waals surface area (Å²) in [5, 5.41) is 0. The molecule has 0 saturated carbocycles. The summed E-state index contributed by atoms with van der Waals surface area (Å²) in [6.07, 6.45) is 0. The average molecular weight is 63.0 g/mol. The van der Waals surface area contributed by atoms with Crippen molar-refractivity contribution in [3.8, 4) is 0 Å². The summed E-state index contributed by atoms with van der Waals surface area (Å²) < 4.78 is 17.8. The summed E-state index contributed by atoms with van der Waals surface area (Å²) in [5.41, 5.74) is 0. The van der Waals surface area contributed by atoms with Crippen LogP contribution in [-0.4, -0.2) is 0 Å². The van der Waals surface area contributed by atoms with Crippen LogP contribution in [0.5, 0.6) is 0 Å². The first-order chi connectivity index (χ1) is 2.00. The highest BCUT2D eigenvalue weighted by atomic mass is 19.1. The molecule has 0 nitrogen and oxygen atoms in total. The van der Waals surface area contributed by atoms with E-state index in [4.69, 9.17) is 8.78 Å². The van der Waals surface area contributed by atoms with E-state index in [-0.39, 0.29) is 0 Å². The maximum atomic E-state index is 9.00. The van der Waals surface area contributed by atoms with Gasteiger partial charge in [-0.1, -0.05) is 0 Å². The second kappa shape index (κ2) is 505. The maximum absolute atomic E-state index is 9.00. The predicted molar refractivity (Wildman–Crippen MR) is 9.76 cm³/mol. The Hall–Kier alpha value is -0.140. The number of hydrogen-bond acceptors (Lipinski definition) is 0. The van der Waals surface area contributed by atoms with Crippen LogP contribution in [0, 0.1) is 14.4 Å². The van der Waals surface area contributed by atoms with Crippen LogP contribution in [0.25, 0.3) is 0 Å². The predicted octanol–water partition coefficient (Wildman–Crippen LogP) is 1.13. The zero-order chi connectivity index (χ0) is 4.00. The summed E-state index contributed by atoms with van der Waals surface area (Å²) in [6.45, 7) is 0. The highest BCUT2D eigenvalue weighted by molar-refractivity contribution is 3.64. The van der Waals surface area contributed by atoms with Crippen LogP contribution < -0.4 is 0 Å². The van der Waals surface area contributed by atoms with Gasteiger partial charge in [0.15, 0.2) is 7.18 Å². The lowest BCUT2D eigenvalue weighted by Crippen LogP contribution is -0.764. The molecule has 0 atom stereocenters. The Bertz CT molecular complexity index is 4.00. The maximum Gasteiger partial charge on any atom is 0.232 e. The fraction of sp³-hybridized carbons (Fsp3) is 0. The van der Waals surface area contributed by atoms with E-state index < -0.39 is 0 Å². The van der Waals surface area contributed by atoms with Crippen molar-refractivity contribution in [1.82, 2.24) is 0 Å². The Labute approximate surface area is 24.4 Å². The number of halogens is 2. The Kier molecular flexibility index (Phi) is 1150. The van der Waals surface area contributed by atoms with Gasteiger partial charge < -0.3 is 0 Å². The van der Waals surface area contributed by atoms with Gasteiger partial charge in [0.05, 0.1) is 0 Å². The molecule has 0 fully saturated rings. The Morgan fingerprint density at radius 1 is 1.25 bits per heavy atom. The van der Waals surface area contributed by atoms with Crippen LogP contribution in [0.1, 0.15) is 0 Å². The molecule has 0 aromatic heterocycles. The lowest BCUT2D eigenvalue weighted by Gasteiger charge is -1.06. The van der Waals surface area contributed by atoms with Crippen molar-refractivity contribution in [3.63, 3.8) is 0 Å². The largest absolute Gasteiger partial charge is 0.241 e. The second-order valence-corrected chi connectivity index (χ2v) is 0. The minimum absolute atomic E-state index is 3.00. The standard InChI is InChI=1S/CHF.CF/c2*1-2/h1H;. The molecule has 23 valence electrons. The summed E-state index contributed by atoms with van der Waals surface area (Å²) >= 11 is 0. The smallest absolute Gasteiger partial charge is 0.232 e. The van der Waals surface area contributed by atoms with E-state index in [1.165, 1.54) is 0 Å². The van der Waals surface area contributed by atoms with Gasteiger partial charge in [-0.05, 0) is 0 Å². The van der Waals surface area contributed by atoms with E-state index in [1.807, 2.05) is 0 Å². The summed E-state index contributed by atoms with van der Waals surface area (Å²) in [4.78, 5) is 0. The molecule has 0 aliphatic carbocycles. The van der Waals surface area contributed by atoms with Crippen molar-refractivity contribution < 1.29 is 8.78 Å². The number of rotatable bonds is 0. The van der Waals surface area contributed by atoms with Crippen LogP contribution in [0.4, 0.5) is 8.78 Å². The highest BCUT2D eigenvalue weighted by Gasteiger charge is 1.03. The molecule has 0 unspecified atom stereocenters. The van der Waals surface area contributed by atoms with Gasteiger partial charge in [-0.2, -0.15) is 0 Å². The van der Waals surface area contributed by atoms with Crippen molar-refractivity contribution in [2.24, 2.45) is 0 Å². The van der Waals surface area contributed by atoms with Gasteiger partial charge in [-0.3, -0.25) is 0 Å². The van der Waals surface area contributed by atoms with Crippen LogP contribution in [0.15, 0.2) is 0 Å². The molecular formula is C2HF2. The van der Waals surface area contributed by atoms with Gasteiger partial charge >= 0.3 is 0 Å². The van der Waals surface area contributed by atoms with Gasteiger partial charge in [-0.25, -0.2) is 8.78 Å². The second-order valence-electron chi connectivity index (χ2n) is 0. The summed E-state index contributed by atoms with van der Waals surface area (Å²) in [5.74, 6) is 0. The van der Waals surface area contributed by atoms with Crippen LogP contribution in [0.2, 0.25) is 0 Å². The van der Waals surface area contributed by atoms with Gasteiger partial charge in [-0.15, -0.1) is 0 Å². The van der Waals surface area contributed by atoms with Crippen molar-refractivity contribution in [1.29, 1.82) is 0 Å². The molecule has 2 heteroatoms. The first-order valence-corrected chi connectivity index (χ1v) is 0.407. The van der Waals surface area contributed by atoms with E-state index in [0.29, 0.717) is 0 Å². The lowest BCUT2D eigenvalue weighted by molar-refractivity contribution is 0.712. The SMILES string of the molecule is [CH]F.[C]F. The Morgan fingerprint density at radius 2 is 1.25 bits per heavy atom. The zero-order valence-electron chi connectivity index (χ0n) is 1.83. The monoisotopic (exact) mass is 63.0 g/mol. The molecule has 5 radical (unpaired) electrons. The molecule has 0 saturated heterocycles. The van der Waals surface area contributed by atoms with E-state index in [1.54, 1.807) is 0 Å². The van der Waals surface area contributed by atoms with Gasteiger partial charge in [0, 0.05) is 0 Å². The third kappa shape index (κ3) is 70.2. The van der Waals surface area contributed by atoms with E-state index >= 15 is 0 Å². The molecule has 0 aromatic carbocycles. The topological polar surface area (TPSA) is 0 Å². The highest BCUT2D eigenvalue weighted by Crippen LogP contribution is 1.27. The van der Waals surface area contributed by atoms with E-state index in [0.717, 1.165) is 0 Å². The van der Waals surface area contributed by atoms with Crippen LogP contribution >= 0.6 is 0 Å². The van der Waals surface area contributed by atoms with E-state index in [9.17, 15) is 0 Å². The molecule has 0 aliphatic heterocycles. The van der Waals surface area contributed by atoms with Crippen molar-refractivity contribution in [3.05, 3.63) is 14.4 Å². The molecule has 0 rings (SSSR count). The third-order valence-corrected chi connectivity index (χ3v) is 0. The van der Waals surface area contributed by atoms with Crippen molar-refractivity contribution >= 4 is 0 Å². The van der Waals surface area contributed by atoms with Crippen LogP contribution in [0.3, 0.4) is 0 Å². The van der Waals surface area contributed by atoms with Crippen LogP contribution in [-0.2, 0) is 0 Å². The Balaban J connectivity index is 0. The third-order valence-electron chi connectivity index (χ3n) is 0. The first-order valence-electron chi connectivity index (χ1n) is 0.407. The zero-order valence-corrected chi connectivity index (χ0v) is 1.83. The fourth-order valence-corrected chi connectivity index (χ4v) is 0. The molecule has 0 heterocycles. The average Bonchev–Trinajstić information content (AvgIpc) is 1.50. The molecular weight excluding hydrogens is 62.0 g/mol. The minimum Gasteiger partial charge on any atom is -0.241 e. The van der Waals surface area contributed by atoms with Gasteiger partial charge in [0.25, 0.3) is 0 Å². The molecule has 0 aliphatic rings. The van der Waals surface area contributed by atoms with Gasteiger partial charge in [0.2, 0.25) is 7.18 Å². The molecule has 0 amide bonds.